The maximum Gasteiger partial charge on any atom is 0.00954 e. The zero-order chi connectivity index (χ0) is 13.0. The van der Waals surface area contributed by atoms with E-state index in [1.165, 1.54) is 63.4 Å². The van der Waals surface area contributed by atoms with Gasteiger partial charge in [0, 0.05) is 6.04 Å². The van der Waals surface area contributed by atoms with Crippen LogP contribution in [0.1, 0.15) is 64.7 Å². The molecule has 0 radical (unpaired) electrons. The quantitative estimate of drug-likeness (QED) is 0.706. The molecular weight excluding hydrogens is 218 g/mol. The average Bonchev–Trinajstić information content (AvgIpc) is 2.39. The van der Waals surface area contributed by atoms with Crippen LogP contribution in [-0.4, -0.2) is 13.1 Å². The van der Waals surface area contributed by atoms with E-state index in [9.17, 15) is 0 Å². The molecular formula is C17H31N. The number of hydrogen-bond donors (Lipinski definition) is 1. The molecule has 0 aliphatic heterocycles. The van der Waals surface area contributed by atoms with E-state index in [1.807, 2.05) is 0 Å². The van der Waals surface area contributed by atoms with Crippen molar-refractivity contribution in [3.8, 4) is 0 Å². The molecule has 1 heteroatoms. The van der Waals surface area contributed by atoms with Gasteiger partial charge in [0.05, 0.1) is 0 Å². The highest BCUT2D eigenvalue weighted by Crippen LogP contribution is 2.44. The van der Waals surface area contributed by atoms with Crippen molar-refractivity contribution in [3.63, 3.8) is 0 Å². The minimum Gasteiger partial charge on any atom is -0.317 e. The molecule has 2 aliphatic carbocycles. The van der Waals surface area contributed by atoms with Crippen LogP contribution in [0, 0.1) is 17.8 Å². The number of nitrogens with one attached hydrogen (secondary N) is 1. The van der Waals surface area contributed by atoms with Gasteiger partial charge in [-0.05, 0) is 63.8 Å². The van der Waals surface area contributed by atoms with E-state index in [-0.39, 0.29) is 0 Å². The van der Waals surface area contributed by atoms with Crippen molar-refractivity contribution in [1.29, 1.82) is 0 Å². The molecule has 2 aliphatic rings. The highest BCUT2D eigenvalue weighted by Gasteiger charge is 2.34. The van der Waals surface area contributed by atoms with E-state index in [0.717, 1.165) is 23.8 Å². The summed E-state index contributed by atoms with van der Waals surface area (Å²) in [6, 6.07) is 0.726. The summed E-state index contributed by atoms with van der Waals surface area (Å²) in [6.45, 7) is 6.20. The molecule has 2 fully saturated rings. The van der Waals surface area contributed by atoms with Gasteiger partial charge in [0.2, 0.25) is 0 Å². The smallest absolute Gasteiger partial charge is 0.00954 e. The molecule has 1 N–H and O–H groups in total. The van der Waals surface area contributed by atoms with Gasteiger partial charge in [-0.1, -0.05) is 31.3 Å². The fraction of sp³-hybridized carbons (Fsp3) is 0.882. The Balaban J connectivity index is 1.85. The Morgan fingerprint density at radius 1 is 1.17 bits per heavy atom. The molecule has 1 nitrogen and oxygen atoms in total. The van der Waals surface area contributed by atoms with Gasteiger partial charge in [-0.25, -0.2) is 0 Å². The number of hydrogen-bond acceptors (Lipinski definition) is 1. The zero-order valence-electron chi connectivity index (χ0n) is 12.4. The highest BCUT2D eigenvalue weighted by molar-refractivity contribution is 4.92. The van der Waals surface area contributed by atoms with Crippen molar-refractivity contribution in [2.24, 2.45) is 17.8 Å². The van der Waals surface area contributed by atoms with Crippen molar-refractivity contribution in [1.82, 2.24) is 5.32 Å². The lowest BCUT2D eigenvalue weighted by Crippen LogP contribution is -2.39. The summed E-state index contributed by atoms with van der Waals surface area (Å²) in [5.41, 5.74) is 1.33. The molecule has 0 aromatic rings. The summed E-state index contributed by atoms with van der Waals surface area (Å²) >= 11 is 0. The van der Waals surface area contributed by atoms with Crippen LogP contribution in [0.4, 0.5) is 0 Å². The summed E-state index contributed by atoms with van der Waals surface area (Å²) in [7, 11) is 2.15. The first kappa shape index (κ1) is 14.1. The number of fused-ring (bicyclic) bond motifs is 1. The molecule has 0 bridgehead atoms. The lowest BCUT2D eigenvalue weighted by atomic mass is 9.65. The van der Waals surface area contributed by atoms with Crippen LogP contribution < -0.4 is 5.32 Å². The predicted octanol–water partition coefficient (Wildman–Crippen LogP) is 4.54. The summed E-state index contributed by atoms with van der Waals surface area (Å²) in [5.74, 6) is 3.06. The van der Waals surface area contributed by atoms with Crippen LogP contribution in [-0.2, 0) is 0 Å². The second-order valence-electron chi connectivity index (χ2n) is 6.77. The van der Waals surface area contributed by atoms with Crippen molar-refractivity contribution < 1.29 is 0 Å². The summed E-state index contributed by atoms with van der Waals surface area (Å²) < 4.78 is 0. The SMILES string of the molecule is C=C(C)CCC(NC)C1CCC2CCCCC2C1. The van der Waals surface area contributed by atoms with Crippen LogP contribution in [0.15, 0.2) is 12.2 Å². The Kier molecular flexibility index (Phi) is 5.29. The minimum atomic E-state index is 0.726. The predicted molar refractivity (Wildman–Crippen MR) is 79.7 cm³/mol. The fourth-order valence-electron chi connectivity index (χ4n) is 4.29. The normalized spacial score (nSPS) is 33.8. The van der Waals surface area contributed by atoms with Gasteiger partial charge >= 0.3 is 0 Å². The van der Waals surface area contributed by atoms with E-state index in [2.05, 4.69) is 25.9 Å². The topological polar surface area (TPSA) is 12.0 Å². The Hall–Kier alpha value is -0.300. The number of allylic oxidation sites excluding steroid dienone is 1. The highest BCUT2D eigenvalue weighted by atomic mass is 14.9. The Bertz CT molecular complexity index is 271. The van der Waals surface area contributed by atoms with Gasteiger partial charge in [-0.2, -0.15) is 0 Å². The third-order valence-corrected chi connectivity index (χ3v) is 5.40. The first-order chi connectivity index (χ1) is 8.70. The molecule has 4 unspecified atom stereocenters. The Labute approximate surface area is 113 Å². The van der Waals surface area contributed by atoms with E-state index in [4.69, 9.17) is 0 Å². The van der Waals surface area contributed by atoms with Crippen LogP contribution in [0.5, 0.6) is 0 Å². The first-order valence-electron chi connectivity index (χ1n) is 8.02. The van der Waals surface area contributed by atoms with Gasteiger partial charge in [-0.15, -0.1) is 6.58 Å². The molecule has 2 rings (SSSR count). The lowest BCUT2D eigenvalue weighted by Gasteiger charge is -2.42. The first-order valence-corrected chi connectivity index (χ1v) is 8.02. The molecule has 18 heavy (non-hydrogen) atoms. The van der Waals surface area contributed by atoms with Crippen LogP contribution in [0.3, 0.4) is 0 Å². The third-order valence-electron chi connectivity index (χ3n) is 5.40. The van der Waals surface area contributed by atoms with Gasteiger partial charge in [0.25, 0.3) is 0 Å². The van der Waals surface area contributed by atoms with Gasteiger partial charge in [0.15, 0.2) is 0 Å². The van der Waals surface area contributed by atoms with E-state index in [0.29, 0.717) is 0 Å². The number of rotatable bonds is 5. The molecule has 0 heterocycles. The molecule has 104 valence electrons. The second-order valence-corrected chi connectivity index (χ2v) is 6.77. The Morgan fingerprint density at radius 3 is 2.56 bits per heavy atom. The van der Waals surface area contributed by atoms with Gasteiger partial charge < -0.3 is 5.32 Å². The maximum atomic E-state index is 4.04. The lowest BCUT2D eigenvalue weighted by molar-refractivity contribution is 0.109. The largest absolute Gasteiger partial charge is 0.317 e. The fourth-order valence-corrected chi connectivity index (χ4v) is 4.29. The summed E-state index contributed by atoms with van der Waals surface area (Å²) in [4.78, 5) is 0. The standard InChI is InChI=1S/C17H31N/c1-13(2)8-11-17(18-3)16-10-9-14-6-4-5-7-15(14)12-16/h14-18H,1,4-12H2,2-3H3. The monoisotopic (exact) mass is 249 g/mol. The minimum absolute atomic E-state index is 0.726. The van der Waals surface area contributed by atoms with E-state index in [1.54, 1.807) is 0 Å². The molecule has 4 atom stereocenters. The molecule has 0 amide bonds. The van der Waals surface area contributed by atoms with Crippen molar-refractivity contribution in [3.05, 3.63) is 12.2 Å². The van der Waals surface area contributed by atoms with Gasteiger partial charge in [0.1, 0.15) is 0 Å². The van der Waals surface area contributed by atoms with Gasteiger partial charge in [-0.3, -0.25) is 0 Å². The second kappa shape index (κ2) is 6.75. The van der Waals surface area contributed by atoms with Crippen molar-refractivity contribution in [2.45, 2.75) is 70.8 Å². The van der Waals surface area contributed by atoms with E-state index < -0.39 is 0 Å². The van der Waals surface area contributed by atoms with Crippen LogP contribution >= 0.6 is 0 Å². The van der Waals surface area contributed by atoms with Crippen LogP contribution in [0.2, 0.25) is 0 Å². The summed E-state index contributed by atoms with van der Waals surface area (Å²) in [6.07, 6.45) is 13.0. The Morgan fingerprint density at radius 2 is 1.89 bits per heavy atom. The zero-order valence-corrected chi connectivity index (χ0v) is 12.4. The average molecular weight is 249 g/mol. The third kappa shape index (κ3) is 3.60. The molecule has 0 aromatic heterocycles. The van der Waals surface area contributed by atoms with Crippen molar-refractivity contribution >= 4 is 0 Å². The maximum absolute atomic E-state index is 4.04. The molecule has 0 saturated heterocycles. The van der Waals surface area contributed by atoms with E-state index >= 15 is 0 Å². The molecule has 0 aromatic carbocycles. The van der Waals surface area contributed by atoms with Crippen LogP contribution in [0.25, 0.3) is 0 Å². The van der Waals surface area contributed by atoms with Crippen molar-refractivity contribution in [2.75, 3.05) is 7.05 Å². The molecule has 2 saturated carbocycles. The summed E-state index contributed by atoms with van der Waals surface area (Å²) in [5, 5.41) is 3.58. The molecule has 0 spiro atoms.